The van der Waals surface area contributed by atoms with Crippen molar-refractivity contribution >= 4 is 5.96 Å². The standard InChI is InChI=1S/C16H27N3O/c1-12-7-9-14(10-8-12)20-13(2)11-18-15(17-6)19-16(3,4)5/h7-10,13H,11H2,1-6H3,(H2,17,18,19). The molecule has 0 fully saturated rings. The fourth-order valence-electron chi connectivity index (χ4n) is 1.67. The fraction of sp³-hybridized carbons (Fsp3) is 0.562. The Bertz CT molecular complexity index is 432. The van der Waals surface area contributed by atoms with E-state index in [0.29, 0.717) is 6.54 Å². The van der Waals surface area contributed by atoms with Gasteiger partial charge in [0.25, 0.3) is 0 Å². The van der Waals surface area contributed by atoms with Crippen LogP contribution in [0.5, 0.6) is 5.75 Å². The molecule has 0 aliphatic heterocycles. The zero-order valence-electron chi connectivity index (χ0n) is 13.4. The summed E-state index contributed by atoms with van der Waals surface area (Å²) >= 11 is 0. The molecule has 1 atom stereocenters. The number of aliphatic imine (C=N–C) groups is 1. The Morgan fingerprint density at radius 2 is 1.85 bits per heavy atom. The lowest BCUT2D eigenvalue weighted by molar-refractivity contribution is 0.223. The van der Waals surface area contributed by atoms with Gasteiger partial charge >= 0.3 is 0 Å². The molecule has 0 saturated carbocycles. The Labute approximate surface area is 122 Å². The third kappa shape index (κ3) is 6.45. The second-order valence-electron chi connectivity index (χ2n) is 6.07. The molecule has 1 aromatic rings. The summed E-state index contributed by atoms with van der Waals surface area (Å²) in [4.78, 5) is 4.20. The first-order chi connectivity index (χ1) is 9.30. The summed E-state index contributed by atoms with van der Waals surface area (Å²) in [7, 11) is 1.77. The van der Waals surface area contributed by atoms with E-state index in [-0.39, 0.29) is 11.6 Å². The van der Waals surface area contributed by atoms with Crippen LogP contribution < -0.4 is 15.4 Å². The number of hydrogen-bond donors (Lipinski definition) is 2. The highest BCUT2D eigenvalue weighted by Crippen LogP contribution is 2.12. The van der Waals surface area contributed by atoms with Crippen molar-refractivity contribution in [2.75, 3.05) is 13.6 Å². The first-order valence-corrected chi connectivity index (χ1v) is 7.02. The minimum absolute atomic E-state index is 0.0110. The van der Waals surface area contributed by atoms with Gasteiger partial charge in [-0.25, -0.2) is 0 Å². The van der Waals surface area contributed by atoms with Gasteiger partial charge < -0.3 is 15.4 Å². The fourth-order valence-corrected chi connectivity index (χ4v) is 1.67. The zero-order chi connectivity index (χ0) is 15.2. The van der Waals surface area contributed by atoms with Crippen molar-refractivity contribution < 1.29 is 4.74 Å². The van der Waals surface area contributed by atoms with Crippen LogP contribution in [-0.2, 0) is 0 Å². The number of benzene rings is 1. The second kappa shape index (κ2) is 7.17. The molecule has 4 heteroatoms. The molecule has 0 heterocycles. The van der Waals surface area contributed by atoms with Crippen LogP contribution in [0.3, 0.4) is 0 Å². The predicted molar refractivity (Wildman–Crippen MR) is 85.5 cm³/mol. The highest BCUT2D eigenvalue weighted by Gasteiger charge is 2.12. The quantitative estimate of drug-likeness (QED) is 0.657. The summed E-state index contributed by atoms with van der Waals surface area (Å²) < 4.78 is 5.85. The van der Waals surface area contributed by atoms with Crippen molar-refractivity contribution in [3.63, 3.8) is 0 Å². The Morgan fingerprint density at radius 1 is 1.25 bits per heavy atom. The molecule has 1 rings (SSSR count). The van der Waals surface area contributed by atoms with Crippen molar-refractivity contribution in [1.29, 1.82) is 0 Å². The number of guanidine groups is 1. The van der Waals surface area contributed by atoms with Crippen LogP contribution in [0.25, 0.3) is 0 Å². The van der Waals surface area contributed by atoms with Crippen molar-refractivity contribution in [2.45, 2.75) is 46.3 Å². The Balaban J connectivity index is 2.42. The molecule has 4 nitrogen and oxygen atoms in total. The van der Waals surface area contributed by atoms with Crippen LogP contribution in [0.2, 0.25) is 0 Å². The molecule has 112 valence electrons. The van der Waals surface area contributed by atoms with Crippen molar-refractivity contribution in [2.24, 2.45) is 4.99 Å². The average molecular weight is 277 g/mol. The largest absolute Gasteiger partial charge is 0.489 e. The summed E-state index contributed by atoms with van der Waals surface area (Å²) in [6.07, 6.45) is 0.0659. The molecule has 1 aromatic carbocycles. The van der Waals surface area contributed by atoms with Crippen LogP contribution in [0.15, 0.2) is 29.3 Å². The maximum Gasteiger partial charge on any atom is 0.191 e. The second-order valence-corrected chi connectivity index (χ2v) is 6.07. The highest BCUT2D eigenvalue weighted by molar-refractivity contribution is 5.80. The number of aryl methyl sites for hydroxylation is 1. The van der Waals surface area contributed by atoms with Gasteiger partial charge in [0.1, 0.15) is 11.9 Å². The summed E-state index contributed by atoms with van der Waals surface area (Å²) in [6, 6.07) is 8.09. The summed E-state index contributed by atoms with van der Waals surface area (Å²) in [5.74, 6) is 1.68. The average Bonchev–Trinajstić information content (AvgIpc) is 2.36. The topological polar surface area (TPSA) is 45.7 Å². The van der Waals surface area contributed by atoms with Crippen molar-refractivity contribution in [3.8, 4) is 5.75 Å². The molecular weight excluding hydrogens is 250 g/mol. The smallest absolute Gasteiger partial charge is 0.191 e. The van der Waals surface area contributed by atoms with Gasteiger partial charge in [-0.1, -0.05) is 17.7 Å². The number of hydrogen-bond acceptors (Lipinski definition) is 2. The van der Waals surface area contributed by atoms with E-state index in [1.807, 2.05) is 19.1 Å². The van der Waals surface area contributed by atoms with Crippen LogP contribution in [-0.4, -0.2) is 31.2 Å². The van der Waals surface area contributed by atoms with Gasteiger partial charge in [-0.15, -0.1) is 0 Å². The van der Waals surface area contributed by atoms with Gasteiger partial charge in [-0.3, -0.25) is 4.99 Å². The Kier molecular flexibility index (Phi) is 5.86. The third-order valence-corrected chi connectivity index (χ3v) is 2.63. The third-order valence-electron chi connectivity index (χ3n) is 2.63. The molecule has 20 heavy (non-hydrogen) atoms. The van der Waals surface area contributed by atoms with E-state index in [4.69, 9.17) is 4.74 Å². The van der Waals surface area contributed by atoms with E-state index in [9.17, 15) is 0 Å². The van der Waals surface area contributed by atoms with E-state index < -0.39 is 0 Å². The van der Waals surface area contributed by atoms with Crippen LogP contribution in [0.1, 0.15) is 33.3 Å². The van der Waals surface area contributed by atoms with Gasteiger partial charge in [0, 0.05) is 12.6 Å². The molecule has 0 aromatic heterocycles. The normalized spacial score (nSPS) is 13.8. The maximum atomic E-state index is 5.85. The summed E-state index contributed by atoms with van der Waals surface area (Å²) in [6.45, 7) is 11.1. The van der Waals surface area contributed by atoms with E-state index in [2.05, 4.69) is 55.5 Å². The molecule has 0 saturated heterocycles. The SMILES string of the molecule is CN=C(NCC(C)Oc1ccc(C)cc1)NC(C)(C)C. The first kappa shape index (κ1) is 16.3. The molecule has 2 N–H and O–H groups in total. The molecule has 0 radical (unpaired) electrons. The van der Waals surface area contributed by atoms with Crippen LogP contribution in [0, 0.1) is 6.92 Å². The number of nitrogens with one attached hydrogen (secondary N) is 2. The van der Waals surface area contributed by atoms with Gasteiger partial charge in [-0.2, -0.15) is 0 Å². The number of rotatable bonds is 4. The first-order valence-electron chi connectivity index (χ1n) is 7.02. The van der Waals surface area contributed by atoms with Gasteiger partial charge in [0.05, 0.1) is 6.54 Å². The molecule has 0 aliphatic rings. The van der Waals surface area contributed by atoms with Crippen LogP contribution >= 0.6 is 0 Å². The zero-order valence-corrected chi connectivity index (χ0v) is 13.4. The molecule has 0 bridgehead atoms. The molecular formula is C16H27N3O. The van der Waals surface area contributed by atoms with Gasteiger partial charge in [-0.05, 0) is 46.8 Å². The Hall–Kier alpha value is -1.71. The molecule has 0 spiro atoms. The monoisotopic (exact) mass is 277 g/mol. The molecule has 1 unspecified atom stereocenters. The highest BCUT2D eigenvalue weighted by atomic mass is 16.5. The molecule has 0 aliphatic carbocycles. The van der Waals surface area contributed by atoms with E-state index in [1.54, 1.807) is 7.05 Å². The van der Waals surface area contributed by atoms with E-state index in [1.165, 1.54) is 5.56 Å². The minimum atomic E-state index is -0.0110. The van der Waals surface area contributed by atoms with Crippen LogP contribution in [0.4, 0.5) is 0 Å². The summed E-state index contributed by atoms with van der Waals surface area (Å²) in [5.41, 5.74) is 1.22. The van der Waals surface area contributed by atoms with Gasteiger partial charge in [0.15, 0.2) is 5.96 Å². The Morgan fingerprint density at radius 3 is 2.35 bits per heavy atom. The lowest BCUT2D eigenvalue weighted by atomic mass is 10.1. The number of ether oxygens (including phenoxy) is 1. The number of nitrogens with zero attached hydrogens (tertiary/aromatic N) is 1. The maximum absolute atomic E-state index is 5.85. The van der Waals surface area contributed by atoms with E-state index in [0.717, 1.165) is 11.7 Å². The van der Waals surface area contributed by atoms with Crippen molar-refractivity contribution in [3.05, 3.63) is 29.8 Å². The van der Waals surface area contributed by atoms with Gasteiger partial charge in [0.2, 0.25) is 0 Å². The van der Waals surface area contributed by atoms with E-state index >= 15 is 0 Å². The molecule has 0 amide bonds. The lowest BCUT2D eigenvalue weighted by Crippen LogP contribution is -2.49. The van der Waals surface area contributed by atoms with Crippen molar-refractivity contribution in [1.82, 2.24) is 10.6 Å². The predicted octanol–water partition coefficient (Wildman–Crippen LogP) is 2.73. The minimum Gasteiger partial charge on any atom is -0.489 e. The lowest BCUT2D eigenvalue weighted by Gasteiger charge is -2.25. The summed E-state index contributed by atoms with van der Waals surface area (Å²) in [5, 5.41) is 6.59.